The quantitative estimate of drug-likeness (QED) is 0.632. The van der Waals surface area contributed by atoms with Crippen molar-refractivity contribution >= 4 is 5.97 Å². The van der Waals surface area contributed by atoms with Gasteiger partial charge in [-0.25, -0.2) is 9.48 Å². The molecule has 1 aliphatic rings. The van der Waals surface area contributed by atoms with E-state index in [4.69, 9.17) is 4.74 Å². The van der Waals surface area contributed by atoms with E-state index in [2.05, 4.69) is 10.3 Å². The van der Waals surface area contributed by atoms with E-state index < -0.39 is 17.7 Å². The van der Waals surface area contributed by atoms with Crippen LogP contribution in [0.1, 0.15) is 21.6 Å². The normalized spacial score (nSPS) is 13.6. The second-order valence-corrected chi connectivity index (χ2v) is 5.47. The van der Waals surface area contributed by atoms with Gasteiger partial charge in [0.2, 0.25) is 0 Å². The van der Waals surface area contributed by atoms with E-state index in [0.717, 1.165) is 12.1 Å². The van der Waals surface area contributed by atoms with E-state index in [1.807, 2.05) is 0 Å². The Labute approximate surface area is 139 Å². The number of esters is 1. The molecular formula is C17H10F3N3O2. The third-order valence-corrected chi connectivity index (χ3v) is 3.92. The minimum atomic E-state index is -4.46. The molecule has 0 saturated heterocycles. The maximum absolute atomic E-state index is 13.0. The summed E-state index contributed by atoms with van der Waals surface area (Å²) in [7, 11) is 0. The standard InChI is InChI=1S/C17H10F3N3O2/c18-17(19,20)11-5-3-4-10(8-11)15-14-9-25-16(24)12-6-1-2-7-13(12)23(14)22-21-15/h1-8H,9H2. The van der Waals surface area contributed by atoms with Crippen LogP contribution >= 0.6 is 0 Å². The summed E-state index contributed by atoms with van der Waals surface area (Å²) in [5.41, 5.74) is 0.935. The van der Waals surface area contributed by atoms with Crippen molar-refractivity contribution in [2.24, 2.45) is 0 Å². The minimum absolute atomic E-state index is 0.133. The van der Waals surface area contributed by atoms with Crippen LogP contribution in [-0.4, -0.2) is 21.0 Å². The number of para-hydroxylation sites is 1. The highest BCUT2D eigenvalue weighted by Crippen LogP contribution is 2.33. The lowest BCUT2D eigenvalue weighted by Crippen LogP contribution is -2.05. The van der Waals surface area contributed by atoms with Gasteiger partial charge in [-0.2, -0.15) is 13.2 Å². The van der Waals surface area contributed by atoms with Crippen LogP contribution in [0.15, 0.2) is 48.5 Å². The number of aromatic nitrogens is 3. The molecule has 1 aromatic heterocycles. The van der Waals surface area contributed by atoms with Crippen LogP contribution in [0.4, 0.5) is 13.2 Å². The van der Waals surface area contributed by atoms with E-state index in [0.29, 0.717) is 16.9 Å². The molecule has 0 atom stereocenters. The number of cyclic esters (lactones) is 1. The monoisotopic (exact) mass is 345 g/mol. The molecule has 126 valence electrons. The number of halogens is 3. The predicted molar refractivity (Wildman–Crippen MR) is 80.9 cm³/mol. The average Bonchev–Trinajstić information content (AvgIpc) is 2.97. The van der Waals surface area contributed by atoms with E-state index >= 15 is 0 Å². The maximum atomic E-state index is 13.0. The third-order valence-electron chi connectivity index (χ3n) is 3.92. The Morgan fingerprint density at radius 1 is 1.08 bits per heavy atom. The molecule has 8 heteroatoms. The number of nitrogens with zero attached hydrogens (tertiary/aromatic N) is 3. The van der Waals surface area contributed by atoms with Crippen LogP contribution in [-0.2, 0) is 17.5 Å². The Hall–Kier alpha value is -3.16. The number of benzene rings is 2. The lowest BCUT2D eigenvalue weighted by Gasteiger charge is -2.08. The molecule has 3 aromatic rings. The summed E-state index contributed by atoms with van der Waals surface area (Å²) >= 11 is 0. The number of fused-ring (bicyclic) bond motifs is 3. The molecule has 2 heterocycles. The van der Waals surface area contributed by atoms with Crippen LogP contribution in [0.3, 0.4) is 0 Å². The summed E-state index contributed by atoms with van der Waals surface area (Å²) in [5.74, 6) is -0.518. The number of carbonyl (C=O) groups excluding carboxylic acids is 1. The molecule has 0 amide bonds. The van der Waals surface area contributed by atoms with Crippen LogP contribution in [0, 0.1) is 0 Å². The van der Waals surface area contributed by atoms with Crippen LogP contribution in [0.5, 0.6) is 0 Å². The number of hydrogen-bond donors (Lipinski definition) is 0. The molecule has 0 N–H and O–H groups in total. The molecule has 0 spiro atoms. The molecule has 5 nitrogen and oxygen atoms in total. The van der Waals surface area contributed by atoms with E-state index in [1.54, 1.807) is 24.3 Å². The number of rotatable bonds is 1. The highest BCUT2D eigenvalue weighted by molar-refractivity contribution is 5.94. The molecule has 1 aliphatic heterocycles. The molecule has 0 bridgehead atoms. The summed E-state index contributed by atoms with van der Waals surface area (Å²) in [5, 5.41) is 8.03. The first-order valence-electron chi connectivity index (χ1n) is 7.34. The van der Waals surface area contributed by atoms with E-state index in [9.17, 15) is 18.0 Å². The van der Waals surface area contributed by atoms with Gasteiger partial charge in [0.1, 0.15) is 18.0 Å². The van der Waals surface area contributed by atoms with Gasteiger partial charge in [-0.15, -0.1) is 5.10 Å². The van der Waals surface area contributed by atoms with Gasteiger partial charge in [-0.3, -0.25) is 0 Å². The molecule has 0 fully saturated rings. The van der Waals surface area contributed by atoms with Gasteiger partial charge in [0.15, 0.2) is 0 Å². The van der Waals surface area contributed by atoms with Crippen molar-refractivity contribution in [1.29, 1.82) is 0 Å². The van der Waals surface area contributed by atoms with Crippen molar-refractivity contribution in [3.63, 3.8) is 0 Å². The Morgan fingerprint density at radius 3 is 2.68 bits per heavy atom. The number of alkyl halides is 3. The van der Waals surface area contributed by atoms with Crippen molar-refractivity contribution in [2.75, 3.05) is 0 Å². The first kappa shape index (κ1) is 15.4. The van der Waals surface area contributed by atoms with E-state index in [-0.39, 0.29) is 17.9 Å². The lowest BCUT2D eigenvalue weighted by molar-refractivity contribution is -0.137. The van der Waals surface area contributed by atoms with Crippen molar-refractivity contribution < 1.29 is 22.7 Å². The molecule has 0 unspecified atom stereocenters. The summed E-state index contributed by atoms with van der Waals surface area (Å²) in [4.78, 5) is 12.1. The zero-order valence-corrected chi connectivity index (χ0v) is 12.6. The smallest absolute Gasteiger partial charge is 0.416 e. The fraction of sp³-hybridized carbons (Fsp3) is 0.118. The molecule has 0 radical (unpaired) electrons. The first-order chi connectivity index (χ1) is 11.9. The zero-order chi connectivity index (χ0) is 17.6. The van der Waals surface area contributed by atoms with Crippen molar-refractivity contribution in [2.45, 2.75) is 12.8 Å². The Bertz CT molecular complexity index is 979. The summed E-state index contributed by atoms with van der Waals surface area (Å²) in [6, 6.07) is 11.5. The highest BCUT2D eigenvalue weighted by atomic mass is 19.4. The fourth-order valence-electron chi connectivity index (χ4n) is 2.73. The summed E-state index contributed by atoms with van der Waals surface area (Å²) in [6.07, 6.45) is -4.46. The molecule has 2 aromatic carbocycles. The van der Waals surface area contributed by atoms with Crippen LogP contribution in [0.2, 0.25) is 0 Å². The number of carbonyl (C=O) groups is 1. The van der Waals surface area contributed by atoms with E-state index in [1.165, 1.54) is 16.8 Å². The maximum Gasteiger partial charge on any atom is 0.416 e. The lowest BCUT2D eigenvalue weighted by atomic mass is 10.1. The SMILES string of the molecule is O=C1OCc2c(-c3cccc(C(F)(F)F)c3)nnn2-c2ccccc21. The van der Waals surface area contributed by atoms with Gasteiger partial charge in [-0.1, -0.05) is 29.5 Å². The molecule has 0 saturated carbocycles. The summed E-state index contributed by atoms with van der Waals surface area (Å²) < 4.78 is 45.5. The van der Waals surface area contributed by atoms with Gasteiger partial charge in [-0.05, 0) is 24.3 Å². The predicted octanol–water partition coefficient (Wildman–Crippen LogP) is 3.62. The largest absolute Gasteiger partial charge is 0.455 e. The van der Waals surface area contributed by atoms with Gasteiger partial charge < -0.3 is 4.74 Å². The molecule has 4 rings (SSSR count). The van der Waals surface area contributed by atoms with Gasteiger partial charge in [0.05, 0.1) is 16.8 Å². The van der Waals surface area contributed by atoms with Gasteiger partial charge >= 0.3 is 12.1 Å². The summed E-state index contributed by atoms with van der Waals surface area (Å²) in [6.45, 7) is -0.133. The Balaban J connectivity index is 1.87. The third kappa shape index (κ3) is 2.55. The number of ether oxygens (including phenoxy) is 1. The molecule has 0 aliphatic carbocycles. The second kappa shape index (κ2) is 5.44. The van der Waals surface area contributed by atoms with Crippen molar-refractivity contribution in [3.8, 4) is 16.9 Å². The van der Waals surface area contributed by atoms with Crippen molar-refractivity contribution in [3.05, 3.63) is 65.4 Å². The molecule has 25 heavy (non-hydrogen) atoms. The van der Waals surface area contributed by atoms with Crippen LogP contribution in [0.25, 0.3) is 16.9 Å². The number of hydrogen-bond acceptors (Lipinski definition) is 4. The van der Waals surface area contributed by atoms with Crippen LogP contribution < -0.4 is 0 Å². The Kier molecular flexibility index (Phi) is 3.34. The first-order valence-corrected chi connectivity index (χ1v) is 7.34. The van der Waals surface area contributed by atoms with Gasteiger partial charge in [0.25, 0.3) is 0 Å². The average molecular weight is 345 g/mol. The Morgan fingerprint density at radius 2 is 1.88 bits per heavy atom. The highest BCUT2D eigenvalue weighted by Gasteiger charge is 2.31. The fourth-order valence-corrected chi connectivity index (χ4v) is 2.73. The second-order valence-electron chi connectivity index (χ2n) is 5.47. The van der Waals surface area contributed by atoms with Crippen molar-refractivity contribution in [1.82, 2.24) is 15.0 Å². The zero-order valence-electron chi connectivity index (χ0n) is 12.6. The van der Waals surface area contributed by atoms with Gasteiger partial charge in [0, 0.05) is 5.56 Å². The topological polar surface area (TPSA) is 57.0 Å². The molecular weight excluding hydrogens is 335 g/mol. The minimum Gasteiger partial charge on any atom is -0.455 e.